The second-order valence-corrected chi connectivity index (χ2v) is 5.64. The van der Waals surface area contributed by atoms with E-state index < -0.39 is 0 Å². The van der Waals surface area contributed by atoms with E-state index in [1.54, 1.807) is 24.3 Å². The fraction of sp³-hybridized carbons (Fsp3) is 0.357. The van der Waals surface area contributed by atoms with Gasteiger partial charge in [0.1, 0.15) is 0 Å². The van der Waals surface area contributed by atoms with Crippen molar-refractivity contribution in [1.29, 1.82) is 0 Å². The first kappa shape index (κ1) is 14.4. The summed E-state index contributed by atoms with van der Waals surface area (Å²) >= 11 is 11.9. The molecule has 1 aliphatic carbocycles. The van der Waals surface area contributed by atoms with Gasteiger partial charge in [0, 0.05) is 18.0 Å². The summed E-state index contributed by atoms with van der Waals surface area (Å²) in [5.41, 5.74) is 0.615. The minimum absolute atomic E-state index is 0.0861. The second-order valence-electron chi connectivity index (χ2n) is 4.85. The van der Waals surface area contributed by atoms with E-state index >= 15 is 0 Å². The van der Waals surface area contributed by atoms with Gasteiger partial charge >= 0.3 is 0 Å². The normalized spacial score (nSPS) is 16.6. The lowest BCUT2D eigenvalue weighted by Crippen LogP contribution is -2.30. The van der Waals surface area contributed by atoms with Crippen molar-refractivity contribution >= 4 is 35.2 Å². The van der Waals surface area contributed by atoms with Crippen LogP contribution in [0.4, 0.5) is 0 Å². The molecule has 0 atom stereocenters. The van der Waals surface area contributed by atoms with Gasteiger partial charge in [-0.05, 0) is 30.5 Å². The SMILES string of the molecule is O=C(/C=C/c1cccc(Cl)c1Cl)NCC1(CO)CC1. The predicted octanol–water partition coefficient (Wildman–Crippen LogP) is 2.90. The molecule has 0 unspecified atom stereocenters. The summed E-state index contributed by atoms with van der Waals surface area (Å²) < 4.78 is 0. The number of carbonyl (C=O) groups is 1. The summed E-state index contributed by atoms with van der Waals surface area (Å²) in [5, 5.41) is 12.8. The molecule has 1 fully saturated rings. The van der Waals surface area contributed by atoms with Gasteiger partial charge in [-0.1, -0.05) is 35.3 Å². The van der Waals surface area contributed by atoms with Crippen LogP contribution in [0, 0.1) is 5.41 Å². The summed E-state index contributed by atoms with van der Waals surface area (Å²) in [5.74, 6) is -0.198. The molecule has 5 heteroatoms. The van der Waals surface area contributed by atoms with Crippen LogP contribution < -0.4 is 5.32 Å². The van der Waals surface area contributed by atoms with Gasteiger partial charge < -0.3 is 10.4 Å². The number of benzene rings is 1. The molecule has 1 aromatic carbocycles. The summed E-state index contributed by atoms with van der Waals surface area (Å²) in [7, 11) is 0. The van der Waals surface area contributed by atoms with Crippen LogP contribution in [0.15, 0.2) is 24.3 Å². The van der Waals surface area contributed by atoms with Crippen molar-refractivity contribution in [1.82, 2.24) is 5.32 Å². The monoisotopic (exact) mass is 299 g/mol. The van der Waals surface area contributed by atoms with Crippen LogP contribution in [0.3, 0.4) is 0 Å². The van der Waals surface area contributed by atoms with Crippen LogP contribution in [0.25, 0.3) is 6.08 Å². The van der Waals surface area contributed by atoms with E-state index in [0.717, 1.165) is 12.8 Å². The van der Waals surface area contributed by atoms with Gasteiger partial charge in [-0.2, -0.15) is 0 Å². The van der Waals surface area contributed by atoms with Gasteiger partial charge in [0.05, 0.1) is 16.7 Å². The molecule has 0 bridgehead atoms. The molecule has 0 saturated heterocycles. The first-order valence-electron chi connectivity index (χ1n) is 6.07. The molecule has 2 rings (SSSR count). The van der Waals surface area contributed by atoms with E-state index in [1.165, 1.54) is 6.08 Å². The Labute approximate surface area is 122 Å². The molecule has 2 N–H and O–H groups in total. The van der Waals surface area contributed by atoms with Crippen molar-refractivity contribution < 1.29 is 9.90 Å². The van der Waals surface area contributed by atoms with E-state index in [2.05, 4.69) is 5.32 Å². The molecule has 0 spiro atoms. The number of halogens is 2. The van der Waals surface area contributed by atoms with Gasteiger partial charge in [-0.3, -0.25) is 4.79 Å². The van der Waals surface area contributed by atoms with Gasteiger partial charge in [-0.15, -0.1) is 0 Å². The Morgan fingerprint density at radius 2 is 2.16 bits per heavy atom. The molecule has 0 aliphatic heterocycles. The number of aliphatic hydroxyl groups excluding tert-OH is 1. The molecule has 1 amide bonds. The van der Waals surface area contributed by atoms with Crippen molar-refractivity contribution in [2.75, 3.05) is 13.2 Å². The lowest BCUT2D eigenvalue weighted by Gasteiger charge is -2.11. The quantitative estimate of drug-likeness (QED) is 0.822. The smallest absolute Gasteiger partial charge is 0.244 e. The fourth-order valence-electron chi connectivity index (χ4n) is 1.72. The van der Waals surface area contributed by atoms with Crippen LogP contribution in [-0.4, -0.2) is 24.2 Å². The molecule has 0 radical (unpaired) electrons. The van der Waals surface area contributed by atoms with Gasteiger partial charge in [0.2, 0.25) is 5.91 Å². The standard InChI is InChI=1S/C14H15Cl2NO2/c15-11-3-1-2-10(13(11)16)4-5-12(19)17-8-14(9-18)6-7-14/h1-5,18H,6-9H2,(H,17,19)/b5-4+. The summed E-state index contributed by atoms with van der Waals surface area (Å²) in [6, 6.07) is 5.25. The van der Waals surface area contributed by atoms with E-state index in [-0.39, 0.29) is 17.9 Å². The van der Waals surface area contributed by atoms with Gasteiger partial charge in [0.15, 0.2) is 0 Å². The zero-order chi connectivity index (χ0) is 13.9. The number of hydrogen-bond donors (Lipinski definition) is 2. The van der Waals surface area contributed by atoms with Gasteiger partial charge in [0.25, 0.3) is 0 Å². The largest absolute Gasteiger partial charge is 0.396 e. The van der Waals surface area contributed by atoms with E-state index in [0.29, 0.717) is 22.2 Å². The highest BCUT2D eigenvalue weighted by molar-refractivity contribution is 6.42. The lowest BCUT2D eigenvalue weighted by molar-refractivity contribution is -0.116. The maximum absolute atomic E-state index is 11.6. The van der Waals surface area contributed by atoms with Crippen molar-refractivity contribution in [2.24, 2.45) is 5.41 Å². The molecule has 1 saturated carbocycles. The summed E-state index contributed by atoms with van der Waals surface area (Å²) in [4.78, 5) is 11.6. The predicted molar refractivity (Wildman–Crippen MR) is 77.3 cm³/mol. The topological polar surface area (TPSA) is 49.3 Å². The highest BCUT2D eigenvalue weighted by atomic mass is 35.5. The molecule has 102 valence electrons. The Hall–Kier alpha value is -1.03. The maximum atomic E-state index is 11.6. The third kappa shape index (κ3) is 3.72. The Morgan fingerprint density at radius 3 is 2.79 bits per heavy atom. The first-order valence-corrected chi connectivity index (χ1v) is 6.83. The number of rotatable bonds is 5. The van der Waals surface area contributed by atoms with E-state index in [9.17, 15) is 4.79 Å². The number of carbonyl (C=O) groups excluding carboxylic acids is 1. The molecule has 19 heavy (non-hydrogen) atoms. The zero-order valence-corrected chi connectivity index (χ0v) is 11.8. The lowest BCUT2D eigenvalue weighted by atomic mass is 10.1. The second kappa shape index (κ2) is 5.95. The fourth-order valence-corrected chi connectivity index (χ4v) is 2.09. The number of amides is 1. The molecule has 0 heterocycles. The van der Waals surface area contributed by atoms with Crippen LogP contribution >= 0.6 is 23.2 Å². The highest BCUT2D eigenvalue weighted by Crippen LogP contribution is 2.44. The van der Waals surface area contributed by atoms with E-state index in [4.69, 9.17) is 28.3 Å². The van der Waals surface area contributed by atoms with Crippen LogP contribution in [0.1, 0.15) is 18.4 Å². The molecular formula is C14H15Cl2NO2. The number of aliphatic hydroxyl groups is 1. The van der Waals surface area contributed by atoms with Crippen molar-refractivity contribution in [2.45, 2.75) is 12.8 Å². The van der Waals surface area contributed by atoms with E-state index in [1.807, 2.05) is 0 Å². The zero-order valence-electron chi connectivity index (χ0n) is 10.3. The van der Waals surface area contributed by atoms with Crippen molar-refractivity contribution in [3.63, 3.8) is 0 Å². The van der Waals surface area contributed by atoms with Gasteiger partial charge in [-0.25, -0.2) is 0 Å². The Balaban J connectivity index is 1.91. The molecular weight excluding hydrogens is 285 g/mol. The minimum Gasteiger partial charge on any atom is -0.396 e. The van der Waals surface area contributed by atoms with Crippen LogP contribution in [0.2, 0.25) is 10.0 Å². The Kier molecular flexibility index (Phi) is 4.50. The summed E-state index contributed by atoms with van der Waals surface area (Å²) in [6.45, 7) is 0.632. The molecule has 0 aromatic heterocycles. The third-order valence-electron chi connectivity index (χ3n) is 3.33. The third-order valence-corrected chi connectivity index (χ3v) is 4.16. The molecule has 1 aromatic rings. The average Bonchev–Trinajstić information content (AvgIpc) is 3.19. The van der Waals surface area contributed by atoms with Crippen LogP contribution in [-0.2, 0) is 4.79 Å². The molecule has 3 nitrogen and oxygen atoms in total. The maximum Gasteiger partial charge on any atom is 0.244 e. The summed E-state index contributed by atoms with van der Waals surface area (Å²) in [6.07, 6.45) is 4.98. The highest BCUT2D eigenvalue weighted by Gasteiger charge is 2.41. The Bertz CT molecular complexity index is 510. The molecule has 1 aliphatic rings. The minimum atomic E-state index is -0.198. The first-order chi connectivity index (χ1) is 9.06. The Morgan fingerprint density at radius 1 is 1.42 bits per heavy atom. The number of nitrogens with one attached hydrogen (secondary N) is 1. The average molecular weight is 300 g/mol. The number of hydrogen-bond acceptors (Lipinski definition) is 2. The van der Waals surface area contributed by atoms with Crippen molar-refractivity contribution in [3.05, 3.63) is 39.9 Å². The van der Waals surface area contributed by atoms with Crippen molar-refractivity contribution in [3.8, 4) is 0 Å². The van der Waals surface area contributed by atoms with Crippen LogP contribution in [0.5, 0.6) is 0 Å².